The fourth-order valence-corrected chi connectivity index (χ4v) is 2.99. The number of nitrogens with two attached hydrogens (primary N) is 2. The van der Waals surface area contributed by atoms with Gasteiger partial charge in [0, 0.05) is 22.7 Å². The highest BCUT2D eigenvalue weighted by Crippen LogP contribution is 2.30. The lowest BCUT2D eigenvalue weighted by Crippen LogP contribution is -2.37. The lowest BCUT2D eigenvalue weighted by atomic mass is 10.1. The molecule has 0 unspecified atom stereocenters. The van der Waals surface area contributed by atoms with E-state index in [1.54, 1.807) is 11.8 Å². The van der Waals surface area contributed by atoms with Crippen LogP contribution in [0.3, 0.4) is 0 Å². The molecule has 1 rings (SSSR count). The first kappa shape index (κ1) is 16.8. The van der Waals surface area contributed by atoms with Crippen LogP contribution < -0.4 is 16.4 Å². The molecule has 110 valence electrons. The van der Waals surface area contributed by atoms with Gasteiger partial charge in [0.25, 0.3) is 0 Å². The van der Waals surface area contributed by atoms with Gasteiger partial charge >= 0.3 is 0 Å². The standard InChI is InChI=1S/C14H21N3OS2/c1-9(2)7-17(8-12(15)18)10-5-4-6-11(20-3)13(10)14(16)19/h4-6,9H,7-8H2,1-3H3,(H2,15,18)(H2,16,19). The Morgan fingerprint density at radius 2 is 2.05 bits per heavy atom. The summed E-state index contributed by atoms with van der Waals surface area (Å²) in [6.45, 7) is 5.06. The van der Waals surface area contributed by atoms with Crippen molar-refractivity contribution in [2.45, 2.75) is 18.7 Å². The smallest absolute Gasteiger partial charge is 0.236 e. The predicted octanol–water partition coefficient (Wildman–Crippen LogP) is 1.99. The van der Waals surface area contributed by atoms with Crippen LogP contribution >= 0.6 is 24.0 Å². The second-order valence-electron chi connectivity index (χ2n) is 4.96. The summed E-state index contributed by atoms with van der Waals surface area (Å²) in [7, 11) is 0. The Bertz CT molecular complexity index is 503. The van der Waals surface area contributed by atoms with Crippen molar-refractivity contribution in [3.63, 3.8) is 0 Å². The number of carbonyl (C=O) groups excluding carboxylic acids is 1. The number of carbonyl (C=O) groups is 1. The summed E-state index contributed by atoms with van der Waals surface area (Å²) in [6.07, 6.45) is 1.97. The molecule has 0 heterocycles. The summed E-state index contributed by atoms with van der Waals surface area (Å²) in [5, 5.41) is 0. The molecule has 1 aromatic carbocycles. The van der Waals surface area contributed by atoms with Gasteiger partial charge in [0.15, 0.2) is 0 Å². The van der Waals surface area contributed by atoms with E-state index in [2.05, 4.69) is 13.8 Å². The van der Waals surface area contributed by atoms with Gasteiger partial charge in [0.2, 0.25) is 5.91 Å². The van der Waals surface area contributed by atoms with E-state index in [0.717, 1.165) is 22.7 Å². The molecule has 0 aliphatic rings. The molecule has 20 heavy (non-hydrogen) atoms. The number of primary amides is 1. The average molecular weight is 311 g/mol. The summed E-state index contributed by atoms with van der Waals surface area (Å²) in [5.41, 5.74) is 12.9. The molecule has 4 nitrogen and oxygen atoms in total. The van der Waals surface area contributed by atoms with Crippen molar-refractivity contribution < 1.29 is 4.79 Å². The summed E-state index contributed by atoms with van der Waals surface area (Å²) in [6, 6.07) is 5.84. The maximum atomic E-state index is 11.3. The first-order valence-electron chi connectivity index (χ1n) is 6.36. The molecule has 1 amide bonds. The Morgan fingerprint density at radius 3 is 2.50 bits per heavy atom. The van der Waals surface area contributed by atoms with Gasteiger partial charge in [0.1, 0.15) is 4.99 Å². The summed E-state index contributed by atoms with van der Waals surface area (Å²) < 4.78 is 0. The maximum Gasteiger partial charge on any atom is 0.236 e. The molecule has 0 spiro atoms. The van der Waals surface area contributed by atoms with Crippen LogP contribution in [0.5, 0.6) is 0 Å². The van der Waals surface area contributed by atoms with Crippen molar-refractivity contribution in [1.29, 1.82) is 0 Å². The third kappa shape index (κ3) is 4.38. The van der Waals surface area contributed by atoms with Crippen LogP contribution in [0.15, 0.2) is 23.1 Å². The SMILES string of the molecule is CSc1cccc(N(CC(N)=O)CC(C)C)c1C(N)=S. The monoisotopic (exact) mass is 311 g/mol. The minimum Gasteiger partial charge on any atom is -0.389 e. The summed E-state index contributed by atoms with van der Waals surface area (Å²) in [4.78, 5) is 14.6. The third-order valence-electron chi connectivity index (χ3n) is 2.74. The number of nitrogens with zero attached hydrogens (tertiary/aromatic N) is 1. The van der Waals surface area contributed by atoms with Crippen molar-refractivity contribution in [1.82, 2.24) is 0 Å². The van der Waals surface area contributed by atoms with Gasteiger partial charge in [-0.2, -0.15) is 0 Å². The van der Waals surface area contributed by atoms with Gasteiger partial charge in [-0.15, -0.1) is 11.8 Å². The zero-order chi connectivity index (χ0) is 15.3. The third-order valence-corrected chi connectivity index (χ3v) is 3.73. The van der Waals surface area contributed by atoms with Gasteiger partial charge in [0.05, 0.1) is 6.54 Å². The first-order valence-corrected chi connectivity index (χ1v) is 8.00. The molecule has 0 fully saturated rings. The zero-order valence-electron chi connectivity index (χ0n) is 12.1. The van der Waals surface area contributed by atoms with Gasteiger partial charge in [-0.1, -0.05) is 32.1 Å². The highest BCUT2D eigenvalue weighted by atomic mass is 32.2. The van der Waals surface area contributed by atoms with Crippen molar-refractivity contribution in [3.8, 4) is 0 Å². The molecule has 0 atom stereocenters. The van der Waals surface area contributed by atoms with E-state index in [1.165, 1.54) is 0 Å². The van der Waals surface area contributed by atoms with Crippen LogP contribution in [0.1, 0.15) is 19.4 Å². The highest BCUT2D eigenvalue weighted by Gasteiger charge is 2.18. The van der Waals surface area contributed by atoms with E-state index < -0.39 is 0 Å². The number of thiocarbonyl (C=S) groups is 1. The van der Waals surface area contributed by atoms with E-state index in [4.69, 9.17) is 23.7 Å². The predicted molar refractivity (Wildman–Crippen MR) is 90.4 cm³/mol. The topological polar surface area (TPSA) is 72.3 Å². The second-order valence-corrected chi connectivity index (χ2v) is 6.25. The molecule has 0 radical (unpaired) electrons. The maximum absolute atomic E-state index is 11.3. The number of hydrogen-bond acceptors (Lipinski definition) is 4. The Hall–Kier alpha value is -1.27. The molecule has 0 aliphatic carbocycles. The lowest BCUT2D eigenvalue weighted by Gasteiger charge is -2.28. The van der Waals surface area contributed by atoms with Crippen molar-refractivity contribution in [2.24, 2.45) is 17.4 Å². The van der Waals surface area contributed by atoms with E-state index in [1.807, 2.05) is 29.4 Å². The highest BCUT2D eigenvalue weighted by molar-refractivity contribution is 7.98. The largest absolute Gasteiger partial charge is 0.389 e. The second kappa shape index (κ2) is 7.50. The number of anilines is 1. The normalized spacial score (nSPS) is 10.6. The van der Waals surface area contributed by atoms with Crippen LogP contribution in [0.25, 0.3) is 0 Å². The molecular weight excluding hydrogens is 290 g/mol. The minimum atomic E-state index is -0.367. The van der Waals surface area contributed by atoms with Gasteiger partial charge in [-0.25, -0.2) is 0 Å². The van der Waals surface area contributed by atoms with Crippen molar-refractivity contribution in [2.75, 3.05) is 24.2 Å². The molecule has 0 bridgehead atoms. The quantitative estimate of drug-likeness (QED) is 0.595. The van der Waals surface area contributed by atoms with Crippen LogP contribution in [0.2, 0.25) is 0 Å². The van der Waals surface area contributed by atoms with Crippen LogP contribution in [0.4, 0.5) is 5.69 Å². The number of hydrogen-bond donors (Lipinski definition) is 2. The molecule has 0 saturated heterocycles. The lowest BCUT2D eigenvalue weighted by molar-refractivity contribution is -0.116. The number of amides is 1. The number of benzene rings is 1. The minimum absolute atomic E-state index is 0.158. The summed E-state index contributed by atoms with van der Waals surface area (Å²) in [5.74, 6) is 0.0283. The van der Waals surface area contributed by atoms with Crippen LogP contribution in [0, 0.1) is 5.92 Å². The first-order chi connectivity index (χ1) is 9.36. The number of rotatable bonds is 7. The average Bonchev–Trinajstić information content (AvgIpc) is 2.35. The van der Waals surface area contributed by atoms with Crippen LogP contribution in [-0.2, 0) is 4.79 Å². The van der Waals surface area contributed by atoms with Crippen LogP contribution in [-0.4, -0.2) is 30.2 Å². The fourth-order valence-electron chi connectivity index (χ4n) is 2.08. The van der Waals surface area contributed by atoms with E-state index in [9.17, 15) is 4.79 Å². The van der Waals surface area contributed by atoms with E-state index in [0.29, 0.717) is 10.9 Å². The molecule has 0 aromatic heterocycles. The Morgan fingerprint density at radius 1 is 1.40 bits per heavy atom. The summed E-state index contributed by atoms with van der Waals surface area (Å²) >= 11 is 6.75. The molecule has 0 saturated carbocycles. The molecule has 6 heteroatoms. The van der Waals surface area contributed by atoms with Crippen molar-refractivity contribution >= 4 is 40.6 Å². The number of thioether (sulfide) groups is 1. The Labute approximate surface area is 129 Å². The van der Waals surface area contributed by atoms with Crippen molar-refractivity contribution in [3.05, 3.63) is 23.8 Å². The Balaban J connectivity index is 3.30. The van der Waals surface area contributed by atoms with Gasteiger partial charge < -0.3 is 16.4 Å². The molecule has 1 aromatic rings. The van der Waals surface area contributed by atoms with Gasteiger partial charge in [-0.3, -0.25) is 4.79 Å². The molecular formula is C14H21N3OS2. The zero-order valence-corrected chi connectivity index (χ0v) is 13.7. The Kier molecular flexibility index (Phi) is 6.29. The van der Waals surface area contributed by atoms with Gasteiger partial charge in [-0.05, 0) is 24.3 Å². The molecule has 0 aliphatic heterocycles. The van der Waals surface area contributed by atoms with E-state index >= 15 is 0 Å². The molecule has 4 N–H and O–H groups in total. The van der Waals surface area contributed by atoms with E-state index in [-0.39, 0.29) is 12.5 Å². The fraction of sp³-hybridized carbons (Fsp3) is 0.429.